The highest BCUT2D eigenvalue weighted by Gasteiger charge is 2.43. The summed E-state index contributed by atoms with van der Waals surface area (Å²) in [6.07, 6.45) is -3.57. The van der Waals surface area contributed by atoms with Crippen LogP contribution in [0.4, 0.5) is 18.0 Å². The number of carbonyl (C=O) groups excluding carboxylic acids is 2. The molecule has 2 fully saturated rings. The molecule has 2 atom stereocenters. The van der Waals surface area contributed by atoms with Gasteiger partial charge in [0, 0.05) is 19.6 Å². The average molecular weight is 351 g/mol. The average Bonchev–Trinajstić information content (AvgIpc) is 2.86. The van der Waals surface area contributed by atoms with Crippen LogP contribution in [-0.4, -0.2) is 71.2 Å². The van der Waals surface area contributed by atoms with Crippen LogP contribution in [-0.2, 0) is 9.59 Å². The van der Waals surface area contributed by atoms with Gasteiger partial charge in [-0.15, -0.1) is 0 Å². The molecule has 136 valence electrons. The molecule has 2 saturated heterocycles. The first-order valence-corrected chi connectivity index (χ1v) is 7.66. The van der Waals surface area contributed by atoms with Crippen LogP contribution in [0.15, 0.2) is 0 Å². The van der Waals surface area contributed by atoms with Crippen molar-refractivity contribution in [3.8, 4) is 0 Å². The number of likely N-dealkylation sites (tertiary alicyclic amines) is 2. The molecule has 2 aliphatic heterocycles. The summed E-state index contributed by atoms with van der Waals surface area (Å²) in [5.74, 6) is -1.77. The monoisotopic (exact) mass is 351 g/mol. The van der Waals surface area contributed by atoms with Gasteiger partial charge in [-0.05, 0) is 26.2 Å². The fraction of sp³-hybridized carbons (Fsp3) is 0.786. The number of halogens is 3. The van der Waals surface area contributed by atoms with Crippen molar-refractivity contribution < 1.29 is 32.7 Å². The van der Waals surface area contributed by atoms with Crippen molar-refractivity contribution in [3.63, 3.8) is 0 Å². The Hall–Kier alpha value is -2.00. The number of nitrogens with zero attached hydrogens (tertiary/aromatic N) is 2. The number of hydrogen-bond acceptors (Lipinski definition) is 3. The predicted octanol–water partition coefficient (Wildman–Crippen LogP) is 1.05. The molecule has 0 aliphatic carbocycles. The van der Waals surface area contributed by atoms with Crippen LogP contribution in [0.5, 0.6) is 0 Å². The van der Waals surface area contributed by atoms with E-state index < -0.39 is 42.1 Å². The van der Waals surface area contributed by atoms with E-state index in [0.29, 0.717) is 11.3 Å². The van der Waals surface area contributed by atoms with Crippen LogP contribution in [0.25, 0.3) is 0 Å². The van der Waals surface area contributed by atoms with E-state index in [1.165, 1.54) is 11.8 Å². The van der Waals surface area contributed by atoms with Crippen LogP contribution in [0, 0.1) is 5.41 Å². The zero-order valence-electron chi connectivity index (χ0n) is 13.2. The molecule has 2 aliphatic rings. The van der Waals surface area contributed by atoms with Gasteiger partial charge < -0.3 is 20.2 Å². The first kappa shape index (κ1) is 18.3. The number of rotatable bonds is 3. The van der Waals surface area contributed by atoms with E-state index in [0.717, 1.165) is 0 Å². The maximum absolute atomic E-state index is 12.5. The lowest BCUT2D eigenvalue weighted by Crippen LogP contribution is -2.56. The molecule has 10 heteroatoms. The summed E-state index contributed by atoms with van der Waals surface area (Å²) in [5, 5.41) is 11.6. The quantitative estimate of drug-likeness (QED) is 0.795. The standard InChI is InChI=1S/C14H20F3N3O4/c1-13(11(22)23)4-6-20(7-13)12(24)18-9-3-2-5-19(10(9)21)8-14(15,16)17/h9H,2-8H2,1H3,(H,18,24)(H,22,23). The summed E-state index contributed by atoms with van der Waals surface area (Å²) < 4.78 is 37.4. The zero-order chi connectivity index (χ0) is 18.1. The topological polar surface area (TPSA) is 89.9 Å². The fourth-order valence-corrected chi connectivity index (χ4v) is 3.00. The molecule has 0 radical (unpaired) electrons. The Labute approximate surface area is 136 Å². The van der Waals surface area contributed by atoms with Gasteiger partial charge in [0.2, 0.25) is 5.91 Å². The van der Waals surface area contributed by atoms with E-state index >= 15 is 0 Å². The maximum Gasteiger partial charge on any atom is 0.406 e. The Morgan fingerprint density at radius 2 is 2.04 bits per heavy atom. The van der Waals surface area contributed by atoms with Gasteiger partial charge in [0.25, 0.3) is 0 Å². The summed E-state index contributed by atoms with van der Waals surface area (Å²) in [5.41, 5.74) is -1.05. The van der Waals surface area contributed by atoms with Gasteiger partial charge in [-0.2, -0.15) is 13.2 Å². The number of aliphatic carboxylic acids is 1. The Bertz CT molecular complexity index is 540. The summed E-state index contributed by atoms with van der Waals surface area (Å²) in [4.78, 5) is 37.4. The molecule has 2 heterocycles. The number of hydrogen-bond donors (Lipinski definition) is 2. The number of urea groups is 1. The molecule has 0 saturated carbocycles. The molecular weight excluding hydrogens is 331 g/mol. The Morgan fingerprint density at radius 3 is 2.58 bits per heavy atom. The van der Waals surface area contributed by atoms with Crippen molar-refractivity contribution in [2.45, 2.75) is 38.4 Å². The van der Waals surface area contributed by atoms with Crippen molar-refractivity contribution in [1.29, 1.82) is 0 Å². The lowest BCUT2D eigenvalue weighted by molar-refractivity contribution is -0.164. The van der Waals surface area contributed by atoms with Crippen molar-refractivity contribution in [1.82, 2.24) is 15.1 Å². The molecule has 0 spiro atoms. The number of piperidine rings is 1. The summed E-state index contributed by atoms with van der Waals surface area (Å²) >= 11 is 0. The molecule has 0 bridgehead atoms. The lowest BCUT2D eigenvalue weighted by atomic mass is 9.90. The first-order chi connectivity index (χ1) is 11.0. The van der Waals surface area contributed by atoms with Gasteiger partial charge in [0.05, 0.1) is 5.41 Å². The number of carbonyl (C=O) groups is 3. The third-order valence-corrected chi connectivity index (χ3v) is 4.48. The summed E-state index contributed by atoms with van der Waals surface area (Å²) in [6, 6.07) is -1.63. The van der Waals surface area contributed by atoms with Crippen LogP contribution in [0.2, 0.25) is 0 Å². The van der Waals surface area contributed by atoms with Gasteiger partial charge in [-0.25, -0.2) is 4.79 Å². The van der Waals surface area contributed by atoms with E-state index in [9.17, 15) is 27.6 Å². The van der Waals surface area contributed by atoms with Gasteiger partial charge in [0.15, 0.2) is 0 Å². The molecule has 0 aromatic heterocycles. The molecular formula is C14H20F3N3O4. The van der Waals surface area contributed by atoms with E-state index in [2.05, 4.69) is 5.32 Å². The molecule has 7 nitrogen and oxygen atoms in total. The van der Waals surface area contributed by atoms with Crippen molar-refractivity contribution in [2.75, 3.05) is 26.2 Å². The molecule has 2 rings (SSSR count). The second-order valence-corrected chi connectivity index (χ2v) is 6.56. The van der Waals surface area contributed by atoms with Gasteiger partial charge >= 0.3 is 18.2 Å². The van der Waals surface area contributed by atoms with Crippen LogP contribution < -0.4 is 5.32 Å². The van der Waals surface area contributed by atoms with E-state index in [4.69, 9.17) is 5.11 Å². The van der Waals surface area contributed by atoms with Gasteiger partial charge in [-0.3, -0.25) is 9.59 Å². The third-order valence-electron chi connectivity index (χ3n) is 4.48. The smallest absolute Gasteiger partial charge is 0.406 e. The lowest BCUT2D eigenvalue weighted by Gasteiger charge is -2.33. The largest absolute Gasteiger partial charge is 0.481 e. The molecule has 3 amide bonds. The van der Waals surface area contributed by atoms with Gasteiger partial charge in [0.1, 0.15) is 12.6 Å². The Morgan fingerprint density at radius 1 is 1.38 bits per heavy atom. The second-order valence-electron chi connectivity index (χ2n) is 6.56. The maximum atomic E-state index is 12.5. The highest BCUT2D eigenvalue weighted by Crippen LogP contribution is 2.30. The summed E-state index contributed by atoms with van der Waals surface area (Å²) in [7, 11) is 0. The minimum Gasteiger partial charge on any atom is -0.481 e. The predicted molar refractivity (Wildman–Crippen MR) is 76.1 cm³/mol. The van der Waals surface area contributed by atoms with Crippen molar-refractivity contribution in [2.24, 2.45) is 5.41 Å². The third kappa shape index (κ3) is 4.09. The van der Waals surface area contributed by atoms with Crippen molar-refractivity contribution in [3.05, 3.63) is 0 Å². The number of amides is 3. The number of carboxylic acid groups (broad SMARTS) is 1. The molecule has 2 N–H and O–H groups in total. The first-order valence-electron chi connectivity index (χ1n) is 7.66. The van der Waals surface area contributed by atoms with E-state index in [1.54, 1.807) is 0 Å². The number of alkyl halides is 3. The highest BCUT2D eigenvalue weighted by atomic mass is 19.4. The minimum atomic E-state index is -4.49. The molecule has 0 aromatic carbocycles. The van der Waals surface area contributed by atoms with Crippen LogP contribution in [0.1, 0.15) is 26.2 Å². The van der Waals surface area contributed by atoms with Crippen molar-refractivity contribution >= 4 is 17.9 Å². The number of nitrogens with one attached hydrogen (secondary N) is 1. The Balaban J connectivity index is 1.94. The number of carboxylic acids is 1. The van der Waals surface area contributed by atoms with Crippen LogP contribution >= 0.6 is 0 Å². The molecule has 24 heavy (non-hydrogen) atoms. The summed E-state index contributed by atoms with van der Waals surface area (Å²) in [6.45, 7) is 0.424. The zero-order valence-corrected chi connectivity index (χ0v) is 13.2. The van der Waals surface area contributed by atoms with Crippen LogP contribution in [0.3, 0.4) is 0 Å². The van der Waals surface area contributed by atoms with Gasteiger partial charge in [-0.1, -0.05) is 0 Å². The SMILES string of the molecule is CC1(C(=O)O)CCN(C(=O)NC2CCCN(CC(F)(F)F)C2=O)C1. The normalized spacial score (nSPS) is 28.2. The molecule has 2 unspecified atom stereocenters. The minimum absolute atomic E-state index is 0.00133. The van der Waals surface area contributed by atoms with E-state index in [1.807, 2.05) is 0 Å². The second kappa shape index (κ2) is 6.48. The van der Waals surface area contributed by atoms with E-state index in [-0.39, 0.29) is 32.5 Å². The molecule has 0 aromatic rings. The fourth-order valence-electron chi connectivity index (χ4n) is 3.00. The Kier molecular flexibility index (Phi) is 4.95. The highest BCUT2D eigenvalue weighted by molar-refractivity contribution is 5.88.